The SMILES string of the molecule is CCOc1ncc(NS(=O)(=O)c2cnc(NC(C)=O)s2)cn1. The molecule has 22 heavy (non-hydrogen) atoms. The molecule has 1 amide bonds. The fourth-order valence-electron chi connectivity index (χ4n) is 1.37. The van der Waals surface area contributed by atoms with E-state index in [0.29, 0.717) is 6.61 Å². The molecule has 0 aliphatic carbocycles. The summed E-state index contributed by atoms with van der Waals surface area (Å²) in [7, 11) is -3.82. The zero-order valence-corrected chi connectivity index (χ0v) is 13.4. The topological polar surface area (TPSA) is 123 Å². The van der Waals surface area contributed by atoms with Gasteiger partial charge in [-0.05, 0) is 6.92 Å². The molecule has 0 aliphatic heterocycles. The smallest absolute Gasteiger partial charge is 0.316 e. The summed E-state index contributed by atoms with van der Waals surface area (Å²) in [6, 6.07) is 0.163. The molecule has 9 nitrogen and oxygen atoms in total. The molecule has 2 heterocycles. The molecular weight excluding hydrogens is 330 g/mol. The monoisotopic (exact) mass is 343 g/mol. The average molecular weight is 343 g/mol. The number of thiazole rings is 1. The summed E-state index contributed by atoms with van der Waals surface area (Å²) >= 11 is 0.840. The van der Waals surface area contributed by atoms with Gasteiger partial charge in [0.25, 0.3) is 10.0 Å². The van der Waals surface area contributed by atoms with Gasteiger partial charge in [0.15, 0.2) is 9.34 Å². The number of amides is 1. The van der Waals surface area contributed by atoms with Crippen molar-refractivity contribution in [3.63, 3.8) is 0 Å². The van der Waals surface area contributed by atoms with Crippen LogP contribution in [0.4, 0.5) is 10.8 Å². The van der Waals surface area contributed by atoms with Crippen LogP contribution in [-0.4, -0.2) is 35.9 Å². The van der Waals surface area contributed by atoms with Crippen LogP contribution in [0, 0.1) is 0 Å². The molecule has 0 saturated heterocycles. The summed E-state index contributed by atoms with van der Waals surface area (Å²) in [6.07, 6.45) is 3.75. The summed E-state index contributed by atoms with van der Waals surface area (Å²) in [5.41, 5.74) is 0.193. The van der Waals surface area contributed by atoms with E-state index in [1.807, 2.05) is 0 Å². The van der Waals surface area contributed by atoms with E-state index < -0.39 is 10.0 Å². The fourth-order valence-corrected chi connectivity index (χ4v) is 3.47. The first-order chi connectivity index (χ1) is 10.4. The van der Waals surface area contributed by atoms with Crippen molar-refractivity contribution in [1.82, 2.24) is 15.0 Å². The lowest BCUT2D eigenvalue weighted by molar-refractivity contribution is -0.114. The first kappa shape index (κ1) is 16.1. The van der Waals surface area contributed by atoms with Crippen LogP contribution < -0.4 is 14.8 Å². The Labute approximate surface area is 130 Å². The lowest BCUT2D eigenvalue weighted by atomic mass is 10.6. The quantitative estimate of drug-likeness (QED) is 0.804. The number of carbonyl (C=O) groups excluding carboxylic acids is 1. The van der Waals surface area contributed by atoms with Gasteiger partial charge < -0.3 is 10.1 Å². The second-order valence-electron chi connectivity index (χ2n) is 3.96. The number of hydrogen-bond acceptors (Lipinski definition) is 8. The van der Waals surface area contributed by atoms with Gasteiger partial charge in [-0.3, -0.25) is 9.52 Å². The van der Waals surface area contributed by atoms with Crippen LogP contribution in [0.15, 0.2) is 22.8 Å². The highest BCUT2D eigenvalue weighted by Gasteiger charge is 2.19. The van der Waals surface area contributed by atoms with E-state index in [2.05, 4.69) is 25.0 Å². The van der Waals surface area contributed by atoms with E-state index >= 15 is 0 Å². The second kappa shape index (κ2) is 6.66. The molecule has 0 saturated carbocycles. The third-order valence-electron chi connectivity index (χ3n) is 2.19. The predicted octanol–water partition coefficient (Wildman–Crippen LogP) is 1.09. The van der Waals surface area contributed by atoms with Gasteiger partial charge in [-0.2, -0.15) is 0 Å². The molecule has 0 spiro atoms. The molecule has 2 aromatic heterocycles. The van der Waals surface area contributed by atoms with E-state index in [9.17, 15) is 13.2 Å². The summed E-state index contributed by atoms with van der Waals surface area (Å²) in [6.45, 7) is 3.51. The number of sulfonamides is 1. The zero-order chi connectivity index (χ0) is 16.2. The van der Waals surface area contributed by atoms with E-state index in [1.54, 1.807) is 6.92 Å². The Morgan fingerprint density at radius 3 is 2.55 bits per heavy atom. The number of rotatable bonds is 6. The molecule has 2 aromatic rings. The van der Waals surface area contributed by atoms with Crippen LogP contribution in [-0.2, 0) is 14.8 Å². The van der Waals surface area contributed by atoms with Crippen molar-refractivity contribution in [3.8, 4) is 6.01 Å². The Hall–Kier alpha value is -2.27. The average Bonchev–Trinajstić information content (AvgIpc) is 2.89. The molecule has 0 bridgehead atoms. The minimum absolute atomic E-state index is 0.0369. The molecule has 0 aromatic carbocycles. The molecule has 2 rings (SSSR count). The Morgan fingerprint density at radius 1 is 1.27 bits per heavy atom. The highest BCUT2D eigenvalue weighted by molar-refractivity contribution is 7.94. The third-order valence-corrected chi connectivity index (χ3v) is 4.94. The van der Waals surface area contributed by atoms with Crippen LogP contribution >= 0.6 is 11.3 Å². The van der Waals surface area contributed by atoms with Gasteiger partial charge in [0.2, 0.25) is 5.91 Å². The highest BCUT2D eigenvalue weighted by atomic mass is 32.2. The first-order valence-corrected chi connectivity index (χ1v) is 8.41. The Balaban J connectivity index is 2.13. The third kappa shape index (κ3) is 4.11. The van der Waals surface area contributed by atoms with Gasteiger partial charge in [-0.1, -0.05) is 11.3 Å². The Morgan fingerprint density at radius 2 is 1.95 bits per heavy atom. The first-order valence-electron chi connectivity index (χ1n) is 6.12. The van der Waals surface area contributed by atoms with Crippen molar-refractivity contribution in [2.24, 2.45) is 0 Å². The standard InChI is InChI=1S/C11H13N5O4S2/c1-3-20-10-12-4-8(5-13-10)16-22(18,19)9-6-14-11(21-9)15-7(2)17/h4-6,16H,3H2,1-2H3,(H,14,15,17). The molecule has 0 radical (unpaired) electrons. The maximum Gasteiger partial charge on any atom is 0.316 e. The molecule has 11 heteroatoms. The van der Waals surface area contributed by atoms with Crippen molar-refractivity contribution in [3.05, 3.63) is 18.6 Å². The minimum Gasteiger partial charge on any atom is -0.464 e. The summed E-state index contributed by atoms with van der Waals surface area (Å²) in [4.78, 5) is 22.5. The van der Waals surface area contributed by atoms with Gasteiger partial charge in [0, 0.05) is 6.92 Å². The maximum absolute atomic E-state index is 12.2. The van der Waals surface area contributed by atoms with Gasteiger partial charge in [-0.25, -0.2) is 23.4 Å². The van der Waals surface area contributed by atoms with Crippen LogP contribution in [0.25, 0.3) is 0 Å². The predicted molar refractivity (Wildman–Crippen MR) is 80.4 cm³/mol. The molecule has 2 N–H and O–H groups in total. The molecular formula is C11H13N5O4S2. The normalized spacial score (nSPS) is 11.0. The number of aromatic nitrogens is 3. The largest absolute Gasteiger partial charge is 0.464 e. The van der Waals surface area contributed by atoms with E-state index in [0.717, 1.165) is 17.5 Å². The van der Waals surface area contributed by atoms with Crippen molar-refractivity contribution in [2.45, 2.75) is 18.1 Å². The number of nitrogens with zero attached hydrogens (tertiary/aromatic N) is 3. The summed E-state index contributed by atoms with van der Waals surface area (Å²) < 4.78 is 31.7. The molecule has 0 unspecified atom stereocenters. The van der Waals surface area contributed by atoms with Crippen LogP contribution in [0.1, 0.15) is 13.8 Å². The van der Waals surface area contributed by atoms with Gasteiger partial charge in [0.1, 0.15) is 0 Å². The fraction of sp³-hybridized carbons (Fsp3) is 0.273. The van der Waals surface area contributed by atoms with Crippen molar-refractivity contribution in [1.29, 1.82) is 0 Å². The molecule has 0 aliphatic rings. The summed E-state index contributed by atoms with van der Waals surface area (Å²) in [5.74, 6) is -0.328. The van der Waals surface area contributed by atoms with Crippen LogP contribution in [0.2, 0.25) is 0 Å². The lowest BCUT2D eigenvalue weighted by Gasteiger charge is -2.05. The van der Waals surface area contributed by atoms with E-state index in [4.69, 9.17) is 4.74 Å². The van der Waals surface area contributed by atoms with Gasteiger partial charge >= 0.3 is 6.01 Å². The Bertz CT molecular complexity index is 757. The minimum atomic E-state index is -3.82. The summed E-state index contributed by atoms with van der Waals surface area (Å²) in [5, 5.41) is 2.62. The van der Waals surface area contributed by atoms with Crippen LogP contribution in [0.5, 0.6) is 6.01 Å². The molecule has 0 atom stereocenters. The highest BCUT2D eigenvalue weighted by Crippen LogP contribution is 2.24. The lowest BCUT2D eigenvalue weighted by Crippen LogP contribution is -2.12. The number of carbonyl (C=O) groups is 1. The maximum atomic E-state index is 12.2. The van der Waals surface area contributed by atoms with E-state index in [1.165, 1.54) is 19.3 Å². The van der Waals surface area contributed by atoms with Crippen molar-refractivity contribution >= 4 is 38.1 Å². The number of anilines is 2. The Kier molecular flexibility index (Phi) is 4.88. The van der Waals surface area contributed by atoms with E-state index in [-0.39, 0.29) is 26.9 Å². The van der Waals surface area contributed by atoms with Gasteiger partial charge in [0.05, 0.1) is 30.9 Å². The molecule has 0 fully saturated rings. The van der Waals surface area contributed by atoms with Crippen molar-refractivity contribution < 1.29 is 17.9 Å². The number of nitrogens with one attached hydrogen (secondary N) is 2. The van der Waals surface area contributed by atoms with Gasteiger partial charge in [-0.15, -0.1) is 0 Å². The number of hydrogen-bond donors (Lipinski definition) is 2. The zero-order valence-electron chi connectivity index (χ0n) is 11.7. The second-order valence-corrected chi connectivity index (χ2v) is 6.90. The molecule has 118 valence electrons. The number of ether oxygens (including phenoxy) is 1. The van der Waals surface area contributed by atoms with Crippen LogP contribution in [0.3, 0.4) is 0 Å². The van der Waals surface area contributed by atoms with Crippen molar-refractivity contribution in [2.75, 3.05) is 16.6 Å².